The molecule has 1 atom stereocenters. The molecule has 0 radical (unpaired) electrons. The average molecular weight is 299 g/mol. The Kier molecular flexibility index (Phi) is 3.78. The molecule has 19 heavy (non-hydrogen) atoms. The van der Waals surface area contributed by atoms with Crippen LogP contribution in [0.2, 0.25) is 0 Å². The molecule has 0 aliphatic rings. The fourth-order valence-corrected chi connectivity index (χ4v) is 3.19. The summed E-state index contributed by atoms with van der Waals surface area (Å²) in [4.78, 5) is 10.8. The van der Waals surface area contributed by atoms with Crippen molar-refractivity contribution >= 4 is 37.2 Å². The quantitative estimate of drug-likeness (QED) is 0.938. The molecule has 1 N–H and O–H groups in total. The molecule has 2 rings (SSSR count). The molecule has 0 saturated carbocycles. The highest BCUT2D eigenvalue weighted by Gasteiger charge is 2.22. The highest BCUT2D eigenvalue weighted by molar-refractivity contribution is 7.90. The largest absolute Gasteiger partial charge is 0.372 e. The Morgan fingerprint density at radius 2 is 2.11 bits per heavy atom. The lowest BCUT2D eigenvalue weighted by Gasteiger charge is -2.10. The van der Waals surface area contributed by atoms with E-state index in [1.54, 1.807) is 25.3 Å². The van der Waals surface area contributed by atoms with Crippen LogP contribution in [0.25, 0.3) is 10.2 Å². The molecule has 0 aliphatic carbocycles. The van der Waals surface area contributed by atoms with Crippen LogP contribution in [0.5, 0.6) is 0 Å². The summed E-state index contributed by atoms with van der Waals surface area (Å²) in [7, 11) is -1.42. The normalized spacial score (nSPS) is 13.7. The maximum absolute atomic E-state index is 11.6. The van der Waals surface area contributed by atoms with Crippen molar-refractivity contribution in [3.05, 3.63) is 16.8 Å². The van der Waals surface area contributed by atoms with Gasteiger partial charge in [-0.1, -0.05) is 6.92 Å². The zero-order valence-electron chi connectivity index (χ0n) is 11.4. The van der Waals surface area contributed by atoms with Crippen molar-refractivity contribution in [1.29, 1.82) is 0 Å². The Bertz CT molecular complexity index is 707. The van der Waals surface area contributed by atoms with E-state index in [1.807, 2.05) is 0 Å². The first kappa shape index (κ1) is 14.2. The van der Waals surface area contributed by atoms with Gasteiger partial charge in [0.25, 0.3) is 0 Å². The van der Waals surface area contributed by atoms with E-state index in [1.165, 1.54) is 11.1 Å². The van der Waals surface area contributed by atoms with Crippen molar-refractivity contribution in [2.75, 3.05) is 18.6 Å². The monoisotopic (exact) mass is 299 g/mol. The standard InChI is InChI=1S/C12H17N3O2S2/c1-5-8-6-9-11(13-3)14-10(15-12(9)18-8)7(2)19(4,16)17/h6-7H,5H2,1-4H3,(H,13,14,15). The van der Waals surface area contributed by atoms with Crippen LogP contribution in [0.4, 0.5) is 5.82 Å². The van der Waals surface area contributed by atoms with E-state index in [-0.39, 0.29) is 0 Å². The molecular formula is C12H17N3O2S2. The second kappa shape index (κ2) is 5.05. The molecule has 5 nitrogen and oxygen atoms in total. The van der Waals surface area contributed by atoms with E-state index >= 15 is 0 Å². The van der Waals surface area contributed by atoms with Gasteiger partial charge in [0.2, 0.25) is 0 Å². The third-order valence-electron chi connectivity index (χ3n) is 3.05. The minimum atomic E-state index is -3.20. The number of sulfone groups is 1. The van der Waals surface area contributed by atoms with Crippen LogP contribution >= 0.6 is 11.3 Å². The zero-order chi connectivity index (χ0) is 14.2. The maximum atomic E-state index is 11.6. The summed E-state index contributed by atoms with van der Waals surface area (Å²) in [5.74, 6) is 1.04. The number of nitrogens with one attached hydrogen (secondary N) is 1. The Morgan fingerprint density at radius 1 is 1.42 bits per heavy atom. The van der Waals surface area contributed by atoms with E-state index in [4.69, 9.17) is 0 Å². The van der Waals surface area contributed by atoms with Gasteiger partial charge in [-0.3, -0.25) is 0 Å². The molecule has 2 aromatic heterocycles. The van der Waals surface area contributed by atoms with E-state index in [0.717, 1.165) is 16.6 Å². The molecule has 0 aromatic carbocycles. The maximum Gasteiger partial charge on any atom is 0.157 e. The highest BCUT2D eigenvalue weighted by Crippen LogP contribution is 2.31. The summed E-state index contributed by atoms with van der Waals surface area (Å²) in [6, 6.07) is 2.06. The molecule has 7 heteroatoms. The SMILES string of the molecule is CCc1cc2c(NC)nc(C(C)S(C)(=O)=O)nc2s1. The number of rotatable bonds is 4. The average Bonchev–Trinajstić information content (AvgIpc) is 2.78. The third kappa shape index (κ3) is 2.71. The number of thiophene rings is 1. The van der Waals surface area contributed by atoms with Crippen LogP contribution in [0.15, 0.2) is 6.07 Å². The Hall–Kier alpha value is -1.21. The lowest BCUT2D eigenvalue weighted by atomic mass is 10.3. The van der Waals surface area contributed by atoms with Crippen molar-refractivity contribution < 1.29 is 8.42 Å². The van der Waals surface area contributed by atoms with Crippen LogP contribution in [0.1, 0.15) is 29.8 Å². The second-order valence-electron chi connectivity index (χ2n) is 4.44. The summed E-state index contributed by atoms with van der Waals surface area (Å²) >= 11 is 1.58. The van der Waals surface area contributed by atoms with Gasteiger partial charge >= 0.3 is 0 Å². The summed E-state index contributed by atoms with van der Waals surface area (Å²) < 4.78 is 23.3. The molecule has 0 fully saturated rings. The number of hydrogen-bond acceptors (Lipinski definition) is 6. The molecule has 104 valence electrons. The smallest absolute Gasteiger partial charge is 0.157 e. The van der Waals surface area contributed by atoms with E-state index in [2.05, 4.69) is 28.3 Å². The van der Waals surface area contributed by atoms with Gasteiger partial charge < -0.3 is 5.32 Å². The van der Waals surface area contributed by atoms with Gasteiger partial charge in [-0.2, -0.15) is 0 Å². The summed E-state index contributed by atoms with van der Waals surface area (Å²) in [6.07, 6.45) is 2.14. The fraction of sp³-hybridized carbons (Fsp3) is 0.500. The van der Waals surface area contributed by atoms with Crippen LogP contribution in [0.3, 0.4) is 0 Å². The van der Waals surface area contributed by atoms with E-state index < -0.39 is 15.1 Å². The molecular weight excluding hydrogens is 282 g/mol. The number of fused-ring (bicyclic) bond motifs is 1. The molecule has 0 aliphatic heterocycles. The topological polar surface area (TPSA) is 72.0 Å². The van der Waals surface area contributed by atoms with Gasteiger partial charge in [0.15, 0.2) is 9.84 Å². The van der Waals surface area contributed by atoms with Gasteiger partial charge in [-0.25, -0.2) is 18.4 Å². The van der Waals surface area contributed by atoms with Gasteiger partial charge in [-0.05, 0) is 19.4 Å². The predicted molar refractivity (Wildman–Crippen MR) is 79.6 cm³/mol. The minimum Gasteiger partial charge on any atom is -0.372 e. The molecule has 2 heterocycles. The first-order valence-electron chi connectivity index (χ1n) is 6.03. The second-order valence-corrected chi connectivity index (χ2v) is 7.92. The van der Waals surface area contributed by atoms with Crippen LogP contribution in [-0.4, -0.2) is 31.7 Å². The molecule has 0 spiro atoms. The van der Waals surface area contributed by atoms with Crippen molar-refractivity contribution in [2.24, 2.45) is 0 Å². The van der Waals surface area contributed by atoms with E-state index in [0.29, 0.717) is 11.6 Å². The predicted octanol–water partition coefficient (Wildman–Crippen LogP) is 2.40. The molecule has 1 unspecified atom stereocenters. The van der Waals surface area contributed by atoms with Crippen LogP contribution in [-0.2, 0) is 16.3 Å². The van der Waals surface area contributed by atoms with Crippen LogP contribution < -0.4 is 5.32 Å². The van der Waals surface area contributed by atoms with Crippen molar-refractivity contribution in [1.82, 2.24) is 9.97 Å². The van der Waals surface area contributed by atoms with Crippen molar-refractivity contribution in [3.63, 3.8) is 0 Å². The van der Waals surface area contributed by atoms with Crippen LogP contribution in [0, 0.1) is 0 Å². The highest BCUT2D eigenvalue weighted by atomic mass is 32.2. The molecule has 2 aromatic rings. The molecule has 0 amide bonds. The third-order valence-corrected chi connectivity index (χ3v) is 5.72. The minimum absolute atomic E-state index is 0.351. The lowest BCUT2D eigenvalue weighted by molar-refractivity contribution is 0.589. The molecule has 0 bridgehead atoms. The zero-order valence-corrected chi connectivity index (χ0v) is 13.0. The van der Waals surface area contributed by atoms with Gasteiger partial charge in [0.05, 0.1) is 5.39 Å². The lowest BCUT2D eigenvalue weighted by Crippen LogP contribution is -2.12. The van der Waals surface area contributed by atoms with Crippen molar-refractivity contribution in [3.8, 4) is 0 Å². The first-order valence-corrected chi connectivity index (χ1v) is 8.81. The summed E-state index contributed by atoms with van der Waals surface area (Å²) in [5.41, 5.74) is 0. The first-order chi connectivity index (χ1) is 8.86. The number of aromatic nitrogens is 2. The Morgan fingerprint density at radius 3 is 2.63 bits per heavy atom. The van der Waals surface area contributed by atoms with Crippen molar-refractivity contribution in [2.45, 2.75) is 25.5 Å². The van der Waals surface area contributed by atoms with Gasteiger partial charge in [-0.15, -0.1) is 11.3 Å². The van der Waals surface area contributed by atoms with Gasteiger partial charge in [0.1, 0.15) is 21.7 Å². The van der Waals surface area contributed by atoms with E-state index in [9.17, 15) is 8.42 Å². The fourth-order valence-electron chi connectivity index (χ4n) is 1.73. The van der Waals surface area contributed by atoms with Gasteiger partial charge in [0, 0.05) is 18.2 Å². The summed E-state index contributed by atoms with van der Waals surface area (Å²) in [5, 5.41) is 3.27. The molecule has 0 saturated heterocycles. The number of aryl methyl sites for hydroxylation is 1. The Labute approximate surface area is 117 Å². The number of nitrogens with zero attached hydrogens (tertiary/aromatic N) is 2. The summed E-state index contributed by atoms with van der Waals surface area (Å²) in [6.45, 7) is 3.70. The number of anilines is 1. The number of hydrogen-bond donors (Lipinski definition) is 1. The Balaban J connectivity index is 2.65.